The number of imidazole rings is 1. The highest BCUT2D eigenvalue weighted by molar-refractivity contribution is 5.68. The van der Waals surface area contributed by atoms with Crippen LogP contribution in [0.5, 0.6) is 0 Å². The van der Waals surface area contributed by atoms with Gasteiger partial charge in [-0.1, -0.05) is 0 Å². The molecule has 3 aromatic heterocycles. The summed E-state index contributed by atoms with van der Waals surface area (Å²) in [7, 11) is 0. The first-order valence-corrected chi connectivity index (χ1v) is 11.5. The van der Waals surface area contributed by atoms with E-state index in [-0.39, 0.29) is 18.0 Å². The van der Waals surface area contributed by atoms with Crippen LogP contribution in [0.4, 0.5) is 15.0 Å². The Bertz CT molecular complexity index is 1180. The lowest BCUT2D eigenvalue weighted by Crippen LogP contribution is -2.47. The largest absolute Gasteiger partial charge is 0.444 e. The molecular formula is C24H29FN6O2. The molecule has 2 fully saturated rings. The van der Waals surface area contributed by atoms with E-state index in [0.29, 0.717) is 36.2 Å². The lowest BCUT2D eigenvalue weighted by Gasteiger charge is -2.34. The fraction of sp³-hybridized carbons (Fsp3) is 0.500. The number of fused-ring (bicyclic) bond motifs is 1. The molecule has 5 rings (SSSR count). The summed E-state index contributed by atoms with van der Waals surface area (Å²) < 4.78 is 21.1. The van der Waals surface area contributed by atoms with E-state index >= 15 is 0 Å². The van der Waals surface area contributed by atoms with Crippen LogP contribution >= 0.6 is 0 Å². The Morgan fingerprint density at radius 1 is 1.18 bits per heavy atom. The molecule has 1 saturated carbocycles. The number of pyridine rings is 1. The summed E-state index contributed by atoms with van der Waals surface area (Å²) in [5.41, 5.74) is 1.84. The van der Waals surface area contributed by atoms with Crippen molar-refractivity contribution in [3.05, 3.63) is 42.1 Å². The molecule has 4 heterocycles. The normalized spacial score (nSPS) is 19.0. The Balaban J connectivity index is 1.40. The van der Waals surface area contributed by atoms with E-state index in [0.717, 1.165) is 37.1 Å². The zero-order valence-corrected chi connectivity index (χ0v) is 19.2. The van der Waals surface area contributed by atoms with Gasteiger partial charge in [-0.05, 0) is 64.5 Å². The van der Waals surface area contributed by atoms with E-state index in [2.05, 4.69) is 15.3 Å². The highest BCUT2D eigenvalue weighted by Gasteiger charge is 2.31. The molecule has 1 N–H and O–H groups in total. The maximum atomic E-state index is 13.8. The van der Waals surface area contributed by atoms with E-state index in [4.69, 9.17) is 9.72 Å². The molecule has 0 bridgehead atoms. The summed E-state index contributed by atoms with van der Waals surface area (Å²) in [5.74, 6) is 1.37. The van der Waals surface area contributed by atoms with Gasteiger partial charge in [-0.15, -0.1) is 0 Å². The Hall–Kier alpha value is -3.23. The molecule has 0 spiro atoms. The van der Waals surface area contributed by atoms with Gasteiger partial charge in [-0.3, -0.25) is 4.40 Å². The van der Waals surface area contributed by atoms with Crippen LogP contribution < -0.4 is 5.32 Å². The average molecular weight is 453 g/mol. The molecule has 33 heavy (non-hydrogen) atoms. The van der Waals surface area contributed by atoms with Crippen molar-refractivity contribution in [2.45, 2.75) is 64.0 Å². The first-order chi connectivity index (χ1) is 15.8. The van der Waals surface area contributed by atoms with Crippen LogP contribution in [0.1, 0.15) is 57.9 Å². The predicted octanol–water partition coefficient (Wildman–Crippen LogP) is 4.62. The highest BCUT2D eigenvalue weighted by Crippen LogP contribution is 2.43. The number of carbonyl (C=O) groups is 1. The number of aromatic nitrogens is 4. The van der Waals surface area contributed by atoms with Crippen molar-refractivity contribution in [2.75, 3.05) is 18.4 Å². The minimum Gasteiger partial charge on any atom is -0.444 e. The van der Waals surface area contributed by atoms with Crippen LogP contribution in [0, 0.1) is 5.82 Å². The van der Waals surface area contributed by atoms with Crippen molar-refractivity contribution in [1.29, 1.82) is 0 Å². The number of hydrogen-bond donors (Lipinski definition) is 1. The van der Waals surface area contributed by atoms with Crippen LogP contribution in [0.15, 0.2) is 30.7 Å². The van der Waals surface area contributed by atoms with Crippen molar-refractivity contribution in [3.8, 4) is 11.5 Å². The van der Waals surface area contributed by atoms with Gasteiger partial charge in [-0.2, -0.15) is 0 Å². The molecule has 1 aliphatic heterocycles. The van der Waals surface area contributed by atoms with Crippen molar-refractivity contribution >= 4 is 17.6 Å². The average Bonchev–Trinajstić information content (AvgIpc) is 3.52. The molecule has 1 atom stereocenters. The smallest absolute Gasteiger partial charge is 0.410 e. The van der Waals surface area contributed by atoms with Gasteiger partial charge >= 0.3 is 6.09 Å². The second-order valence-corrected chi connectivity index (χ2v) is 9.90. The quantitative estimate of drug-likeness (QED) is 0.622. The Kier molecular flexibility index (Phi) is 5.42. The fourth-order valence-corrected chi connectivity index (χ4v) is 4.22. The molecule has 9 heteroatoms. The summed E-state index contributed by atoms with van der Waals surface area (Å²) in [6.45, 7) is 6.87. The zero-order chi connectivity index (χ0) is 23.2. The molecule has 0 unspecified atom stereocenters. The molecule has 1 aliphatic carbocycles. The standard InChI is InChI=1S/C24H29FN6O2/c1-24(2,3)33-23(32)30-10-4-5-17(14-30)28-21-18(15-6-7-15)11-27-22(29-21)19-12-26-20-9-8-16(25)13-31(19)20/h8-9,11-13,15,17H,4-7,10,14H2,1-3H3,(H,27,28,29)/t17-/m1/s1. The van der Waals surface area contributed by atoms with Crippen LogP contribution in [-0.2, 0) is 4.74 Å². The van der Waals surface area contributed by atoms with Gasteiger partial charge in [0.25, 0.3) is 0 Å². The van der Waals surface area contributed by atoms with Crippen LogP contribution in [0.2, 0.25) is 0 Å². The molecule has 1 saturated heterocycles. The molecule has 174 valence electrons. The second kappa shape index (κ2) is 8.28. The maximum absolute atomic E-state index is 13.8. The molecular weight excluding hydrogens is 423 g/mol. The third-order valence-corrected chi connectivity index (χ3v) is 5.95. The summed E-state index contributed by atoms with van der Waals surface area (Å²) in [4.78, 5) is 28.1. The number of amides is 1. The first kappa shape index (κ1) is 21.6. The predicted molar refractivity (Wildman–Crippen MR) is 123 cm³/mol. The van der Waals surface area contributed by atoms with Crippen LogP contribution in [0.25, 0.3) is 17.2 Å². The van der Waals surface area contributed by atoms with Gasteiger partial charge in [-0.25, -0.2) is 24.1 Å². The van der Waals surface area contributed by atoms with E-state index in [1.54, 1.807) is 21.6 Å². The van der Waals surface area contributed by atoms with Crippen molar-refractivity contribution in [1.82, 2.24) is 24.3 Å². The number of ether oxygens (including phenoxy) is 1. The number of anilines is 1. The topological polar surface area (TPSA) is 84.6 Å². The summed E-state index contributed by atoms with van der Waals surface area (Å²) in [6.07, 6.45) is 8.70. The highest BCUT2D eigenvalue weighted by atomic mass is 19.1. The number of halogens is 1. The van der Waals surface area contributed by atoms with Gasteiger partial charge < -0.3 is 15.0 Å². The van der Waals surface area contributed by atoms with Gasteiger partial charge in [0.15, 0.2) is 5.82 Å². The fourth-order valence-electron chi connectivity index (χ4n) is 4.22. The van der Waals surface area contributed by atoms with Crippen molar-refractivity contribution < 1.29 is 13.9 Å². The minimum atomic E-state index is -0.522. The number of nitrogens with zero attached hydrogens (tertiary/aromatic N) is 5. The van der Waals surface area contributed by atoms with Gasteiger partial charge in [0.1, 0.15) is 28.6 Å². The van der Waals surface area contributed by atoms with Gasteiger partial charge in [0, 0.05) is 37.1 Å². The maximum Gasteiger partial charge on any atom is 0.410 e. The number of likely N-dealkylation sites (tertiary alicyclic amines) is 1. The van der Waals surface area contributed by atoms with Crippen molar-refractivity contribution in [2.24, 2.45) is 0 Å². The SMILES string of the molecule is CC(C)(C)OC(=O)N1CCC[C@@H](Nc2nc(-c3cnc4ccc(F)cn34)ncc2C2CC2)C1. The van der Waals surface area contributed by atoms with Crippen LogP contribution in [-0.4, -0.2) is 55.1 Å². The number of piperidine rings is 1. The lowest BCUT2D eigenvalue weighted by atomic mass is 10.1. The van der Waals surface area contributed by atoms with Crippen molar-refractivity contribution in [3.63, 3.8) is 0 Å². The van der Waals surface area contributed by atoms with E-state index in [1.165, 1.54) is 12.3 Å². The number of nitrogens with one attached hydrogen (secondary N) is 1. The Morgan fingerprint density at radius 3 is 2.76 bits per heavy atom. The molecule has 0 aromatic carbocycles. The molecule has 2 aliphatic rings. The molecule has 8 nitrogen and oxygen atoms in total. The second-order valence-electron chi connectivity index (χ2n) is 9.90. The molecule has 1 amide bonds. The number of carbonyl (C=O) groups excluding carboxylic acids is 1. The van der Waals surface area contributed by atoms with E-state index in [9.17, 15) is 9.18 Å². The molecule has 0 radical (unpaired) electrons. The summed E-state index contributed by atoms with van der Waals surface area (Å²) in [6, 6.07) is 3.07. The summed E-state index contributed by atoms with van der Waals surface area (Å²) >= 11 is 0. The third kappa shape index (κ3) is 4.77. The number of hydrogen-bond acceptors (Lipinski definition) is 6. The zero-order valence-electron chi connectivity index (χ0n) is 19.2. The monoisotopic (exact) mass is 452 g/mol. The molecule has 3 aromatic rings. The first-order valence-electron chi connectivity index (χ1n) is 11.5. The van der Waals surface area contributed by atoms with E-state index in [1.807, 2.05) is 27.0 Å². The van der Waals surface area contributed by atoms with Gasteiger partial charge in [0.05, 0.1) is 6.20 Å². The Labute approximate surface area is 192 Å². The number of rotatable bonds is 4. The third-order valence-electron chi connectivity index (χ3n) is 5.95. The van der Waals surface area contributed by atoms with Crippen LogP contribution in [0.3, 0.4) is 0 Å². The lowest BCUT2D eigenvalue weighted by molar-refractivity contribution is 0.0206. The van der Waals surface area contributed by atoms with E-state index < -0.39 is 5.60 Å². The minimum absolute atomic E-state index is 0.0612. The summed E-state index contributed by atoms with van der Waals surface area (Å²) in [5, 5.41) is 3.58. The van der Waals surface area contributed by atoms with Gasteiger partial charge in [0.2, 0.25) is 0 Å². The Morgan fingerprint density at radius 2 is 2.00 bits per heavy atom.